The summed E-state index contributed by atoms with van der Waals surface area (Å²) < 4.78 is 5.57. The Morgan fingerprint density at radius 2 is 1.89 bits per heavy atom. The van der Waals surface area contributed by atoms with Crippen LogP contribution in [0.15, 0.2) is 48.7 Å². The zero-order chi connectivity index (χ0) is 19.1. The second kappa shape index (κ2) is 9.42. The van der Waals surface area contributed by atoms with Gasteiger partial charge in [-0.1, -0.05) is 30.7 Å². The molecule has 1 aromatic heterocycles. The summed E-state index contributed by atoms with van der Waals surface area (Å²) in [6, 6.07) is 11.5. The van der Waals surface area contributed by atoms with Crippen LogP contribution in [-0.4, -0.2) is 48.6 Å². The lowest BCUT2D eigenvalue weighted by Gasteiger charge is -2.34. The highest BCUT2D eigenvalue weighted by molar-refractivity contribution is 6.30. The van der Waals surface area contributed by atoms with Crippen LogP contribution in [0.25, 0.3) is 6.08 Å². The van der Waals surface area contributed by atoms with E-state index in [0.29, 0.717) is 24.7 Å². The molecule has 0 saturated carbocycles. The summed E-state index contributed by atoms with van der Waals surface area (Å²) in [5.74, 6) is 1.78. The molecule has 142 valence electrons. The minimum Gasteiger partial charge on any atom is -0.494 e. The van der Waals surface area contributed by atoms with Gasteiger partial charge in [0.25, 0.3) is 0 Å². The number of amides is 1. The topological polar surface area (TPSA) is 45.7 Å². The summed E-state index contributed by atoms with van der Waals surface area (Å²) in [5, 5.41) is 0.627. The number of rotatable bonds is 6. The predicted octanol–water partition coefficient (Wildman–Crippen LogP) is 3.89. The molecule has 1 aliphatic rings. The van der Waals surface area contributed by atoms with Crippen molar-refractivity contribution >= 4 is 29.4 Å². The third kappa shape index (κ3) is 5.47. The van der Waals surface area contributed by atoms with Gasteiger partial charge in [-0.05, 0) is 42.3 Å². The van der Waals surface area contributed by atoms with E-state index in [9.17, 15) is 4.79 Å². The summed E-state index contributed by atoms with van der Waals surface area (Å²) in [4.78, 5) is 20.8. The third-order valence-corrected chi connectivity index (χ3v) is 4.62. The van der Waals surface area contributed by atoms with Crippen molar-refractivity contribution in [2.45, 2.75) is 13.3 Å². The molecule has 27 heavy (non-hydrogen) atoms. The molecular formula is C21H24ClN3O2. The molecule has 6 heteroatoms. The first-order valence-electron chi connectivity index (χ1n) is 9.22. The summed E-state index contributed by atoms with van der Waals surface area (Å²) in [7, 11) is 0. The van der Waals surface area contributed by atoms with Gasteiger partial charge in [0.05, 0.1) is 11.6 Å². The highest BCUT2D eigenvalue weighted by Gasteiger charge is 2.20. The molecule has 0 unspecified atom stereocenters. The van der Waals surface area contributed by atoms with Crippen LogP contribution in [0.1, 0.15) is 18.9 Å². The van der Waals surface area contributed by atoms with Crippen molar-refractivity contribution in [3.63, 3.8) is 0 Å². The number of benzene rings is 1. The first-order valence-corrected chi connectivity index (χ1v) is 9.60. The number of piperazine rings is 1. The van der Waals surface area contributed by atoms with E-state index in [1.165, 1.54) is 0 Å². The van der Waals surface area contributed by atoms with Crippen LogP contribution in [0.5, 0.6) is 5.75 Å². The third-order valence-electron chi connectivity index (χ3n) is 4.40. The standard InChI is InChI=1S/C21H24ClN3O2/c1-2-15-27-19-7-3-17(4-8-19)5-10-21(26)25-13-11-24(12-14-25)20-9-6-18(22)16-23-20/h3-10,16H,2,11-15H2,1H3/b10-5+. The van der Waals surface area contributed by atoms with Crippen LogP contribution in [0.3, 0.4) is 0 Å². The van der Waals surface area contributed by atoms with Crippen molar-refractivity contribution in [2.24, 2.45) is 0 Å². The van der Waals surface area contributed by atoms with Crippen LogP contribution in [0, 0.1) is 0 Å². The van der Waals surface area contributed by atoms with Gasteiger partial charge < -0.3 is 14.5 Å². The van der Waals surface area contributed by atoms with Crippen molar-refractivity contribution in [3.8, 4) is 5.75 Å². The summed E-state index contributed by atoms with van der Waals surface area (Å²) in [5.41, 5.74) is 0.983. The number of carbonyl (C=O) groups is 1. The fourth-order valence-corrected chi connectivity index (χ4v) is 2.99. The van der Waals surface area contributed by atoms with Gasteiger partial charge in [-0.15, -0.1) is 0 Å². The second-order valence-corrected chi connectivity index (χ2v) is 6.83. The van der Waals surface area contributed by atoms with Gasteiger partial charge in [0.1, 0.15) is 11.6 Å². The Labute approximate surface area is 165 Å². The van der Waals surface area contributed by atoms with Crippen LogP contribution in [-0.2, 0) is 4.79 Å². The molecule has 0 bridgehead atoms. The number of aromatic nitrogens is 1. The average molecular weight is 386 g/mol. The van der Waals surface area contributed by atoms with Gasteiger partial charge in [-0.25, -0.2) is 4.98 Å². The van der Waals surface area contributed by atoms with E-state index in [1.54, 1.807) is 12.3 Å². The largest absolute Gasteiger partial charge is 0.494 e. The maximum Gasteiger partial charge on any atom is 0.246 e. The normalized spacial score (nSPS) is 14.6. The first kappa shape index (κ1) is 19.2. The monoisotopic (exact) mass is 385 g/mol. The van der Waals surface area contributed by atoms with Crippen molar-refractivity contribution in [1.82, 2.24) is 9.88 Å². The minimum atomic E-state index is 0.0324. The summed E-state index contributed by atoms with van der Waals surface area (Å²) in [6.45, 7) is 5.67. The SMILES string of the molecule is CCCOc1ccc(/C=C/C(=O)N2CCN(c3ccc(Cl)cn3)CC2)cc1. The van der Waals surface area contributed by atoms with E-state index < -0.39 is 0 Å². The van der Waals surface area contributed by atoms with Gasteiger partial charge >= 0.3 is 0 Å². The molecule has 1 saturated heterocycles. The number of nitrogens with zero attached hydrogens (tertiary/aromatic N) is 3. The number of anilines is 1. The van der Waals surface area contributed by atoms with Crippen LogP contribution in [0.4, 0.5) is 5.82 Å². The number of hydrogen-bond donors (Lipinski definition) is 0. The Balaban J connectivity index is 1.50. The van der Waals surface area contributed by atoms with Crippen LogP contribution < -0.4 is 9.64 Å². The molecule has 1 fully saturated rings. The zero-order valence-electron chi connectivity index (χ0n) is 15.5. The lowest BCUT2D eigenvalue weighted by molar-refractivity contribution is -0.126. The lowest BCUT2D eigenvalue weighted by atomic mass is 10.2. The van der Waals surface area contributed by atoms with Gasteiger partial charge in [-0.2, -0.15) is 0 Å². The van der Waals surface area contributed by atoms with Gasteiger partial charge in [0, 0.05) is 38.5 Å². The van der Waals surface area contributed by atoms with Gasteiger partial charge in [0.2, 0.25) is 5.91 Å². The molecule has 2 heterocycles. The Morgan fingerprint density at radius 1 is 1.15 bits per heavy atom. The smallest absolute Gasteiger partial charge is 0.246 e. The maximum atomic E-state index is 12.4. The fourth-order valence-electron chi connectivity index (χ4n) is 2.88. The first-order chi connectivity index (χ1) is 13.2. The lowest BCUT2D eigenvalue weighted by Crippen LogP contribution is -2.48. The van der Waals surface area contributed by atoms with Gasteiger partial charge in [0.15, 0.2) is 0 Å². The van der Waals surface area contributed by atoms with Crippen molar-refractivity contribution in [1.29, 1.82) is 0 Å². The maximum absolute atomic E-state index is 12.4. The van der Waals surface area contributed by atoms with Crippen LogP contribution in [0.2, 0.25) is 5.02 Å². The van der Waals surface area contributed by atoms with Crippen molar-refractivity contribution in [2.75, 3.05) is 37.7 Å². The molecule has 0 radical (unpaired) electrons. The summed E-state index contributed by atoms with van der Waals surface area (Å²) >= 11 is 5.88. The molecule has 3 rings (SSSR count). The summed E-state index contributed by atoms with van der Waals surface area (Å²) in [6.07, 6.45) is 6.12. The molecule has 1 aliphatic heterocycles. The van der Waals surface area contributed by atoms with E-state index in [2.05, 4.69) is 16.8 Å². The molecule has 0 aliphatic carbocycles. The highest BCUT2D eigenvalue weighted by Crippen LogP contribution is 2.17. The molecule has 0 spiro atoms. The predicted molar refractivity (Wildman–Crippen MR) is 109 cm³/mol. The van der Waals surface area contributed by atoms with E-state index in [-0.39, 0.29) is 5.91 Å². The second-order valence-electron chi connectivity index (χ2n) is 6.40. The van der Waals surface area contributed by atoms with E-state index >= 15 is 0 Å². The number of hydrogen-bond acceptors (Lipinski definition) is 4. The molecule has 0 atom stereocenters. The number of ether oxygens (including phenoxy) is 1. The molecule has 0 N–H and O–H groups in total. The van der Waals surface area contributed by atoms with E-state index in [0.717, 1.165) is 36.6 Å². The molecule has 1 aromatic carbocycles. The zero-order valence-corrected chi connectivity index (χ0v) is 16.2. The highest BCUT2D eigenvalue weighted by atomic mass is 35.5. The van der Waals surface area contributed by atoms with E-state index in [1.807, 2.05) is 47.4 Å². The van der Waals surface area contributed by atoms with E-state index in [4.69, 9.17) is 16.3 Å². The number of pyridine rings is 1. The quantitative estimate of drug-likeness (QED) is 0.708. The molecular weight excluding hydrogens is 362 g/mol. The number of carbonyl (C=O) groups excluding carboxylic acids is 1. The Hall–Kier alpha value is -2.53. The molecule has 2 aromatic rings. The molecule has 5 nitrogen and oxygen atoms in total. The minimum absolute atomic E-state index is 0.0324. The molecule has 1 amide bonds. The Bertz CT molecular complexity index is 767. The van der Waals surface area contributed by atoms with Crippen molar-refractivity contribution in [3.05, 3.63) is 59.3 Å². The number of halogens is 1. The fraction of sp³-hybridized carbons (Fsp3) is 0.333. The van der Waals surface area contributed by atoms with Crippen molar-refractivity contribution < 1.29 is 9.53 Å². The van der Waals surface area contributed by atoms with Gasteiger partial charge in [-0.3, -0.25) is 4.79 Å². The van der Waals surface area contributed by atoms with Crippen LogP contribution >= 0.6 is 11.6 Å². The Kier molecular flexibility index (Phi) is 6.71. The average Bonchev–Trinajstić information content (AvgIpc) is 2.72. The Morgan fingerprint density at radius 3 is 2.52 bits per heavy atom.